The van der Waals surface area contributed by atoms with Crippen LogP contribution in [0.5, 0.6) is 0 Å². The van der Waals surface area contributed by atoms with Gasteiger partial charge >= 0.3 is 0 Å². The normalized spacial score (nSPS) is 14.6. The first-order chi connectivity index (χ1) is 11.3. The quantitative estimate of drug-likeness (QED) is 0.680. The van der Waals surface area contributed by atoms with Gasteiger partial charge in [0.05, 0.1) is 5.56 Å². The van der Waals surface area contributed by atoms with Crippen LogP contribution in [0, 0.1) is 11.3 Å². The largest absolute Gasteiger partial charge is 0.294 e. The summed E-state index contributed by atoms with van der Waals surface area (Å²) in [4.78, 5) is 2.36. The molecule has 2 aromatic heterocycles. The average molecular weight is 324 g/mol. The summed E-state index contributed by atoms with van der Waals surface area (Å²) < 4.78 is 1.70. The third-order valence-corrected chi connectivity index (χ3v) is 4.69. The molecule has 0 bridgehead atoms. The Balaban J connectivity index is 1.75. The van der Waals surface area contributed by atoms with Crippen molar-refractivity contribution >= 4 is 17.2 Å². The predicted octanol–water partition coefficient (Wildman–Crippen LogP) is 2.81. The number of aromatic nitrogens is 3. The smallest absolute Gasteiger partial charge is 0.166 e. The molecule has 114 valence electrons. The van der Waals surface area contributed by atoms with E-state index in [2.05, 4.69) is 45.4 Å². The predicted molar refractivity (Wildman–Crippen MR) is 87.0 cm³/mol. The second kappa shape index (κ2) is 5.65. The maximum absolute atomic E-state index is 9.47. The van der Waals surface area contributed by atoms with Crippen molar-refractivity contribution in [2.45, 2.75) is 19.5 Å². The Morgan fingerprint density at radius 3 is 2.83 bits per heavy atom. The molecular formula is C17H14ClN5. The number of hydrogen-bond donors (Lipinski definition) is 0. The fourth-order valence-corrected chi connectivity index (χ4v) is 3.50. The van der Waals surface area contributed by atoms with Crippen molar-refractivity contribution in [3.05, 3.63) is 64.1 Å². The lowest BCUT2D eigenvalue weighted by atomic mass is 9.96. The Hall–Kier alpha value is -2.42. The Kier molecular flexibility index (Phi) is 3.49. The van der Waals surface area contributed by atoms with Crippen LogP contribution in [0.2, 0.25) is 5.15 Å². The van der Waals surface area contributed by atoms with Crippen molar-refractivity contribution in [3.63, 3.8) is 0 Å². The summed E-state index contributed by atoms with van der Waals surface area (Å²) in [5.74, 6) is 0. The van der Waals surface area contributed by atoms with E-state index >= 15 is 0 Å². The minimum Gasteiger partial charge on any atom is -0.294 e. The Morgan fingerprint density at radius 1 is 1.22 bits per heavy atom. The van der Waals surface area contributed by atoms with Crippen LogP contribution in [-0.2, 0) is 19.5 Å². The van der Waals surface area contributed by atoms with E-state index in [1.54, 1.807) is 10.7 Å². The van der Waals surface area contributed by atoms with Crippen molar-refractivity contribution in [1.82, 2.24) is 19.5 Å². The number of nitrogens with zero attached hydrogens (tertiary/aromatic N) is 5. The molecule has 3 aromatic rings. The number of nitriles is 1. The molecule has 5 nitrogen and oxygen atoms in total. The number of hydrogen-bond acceptors (Lipinski definition) is 4. The third-order valence-electron chi connectivity index (χ3n) is 4.32. The standard InChI is InChI=1S/C17H14ClN5/c18-16-14(8-19)13-6-7-22(9-12-4-2-1-3-5-12)10-15(13)17-21-20-11-23(16)17/h1-5,11H,6-7,9-10H2. The van der Waals surface area contributed by atoms with Crippen LogP contribution in [0.25, 0.3) is 5.65 Å². The topological polar surface area (TPSA) is 57.2 Å². The van der Waals surface area contributed by atoms with Crippen molar-refractivity contribution < 1.29 is 0 Å². The van der Waals surface area contributed by atoms with Gasteiger partial charge in [-0.2, -0.15) is 5.26 Å². The van der Waals surface area contributed by atoms with Gasteiger partial charge in [-0.25, -0.2) is 0 Å². The third kappa shape index (κ3) is 2.37. The van der Waals surface area contributed by atoms with Crippen LogP contribution in [0.1, 0.15) is 22.3 Å². The fourth-order valence-electron chi connectivity index (χ4n) is 3.22. The summed E-state index contributed by atoms with van der Waals surface area (Å²) >= 11 is 6.33. The number of fused-ring (bicyclic) bond motifs is 3. The zero-order chi connectivity index (χ0) is 15.8. The highest BCUT2D eigenvalue weighted by molar-refractivity contribution is 6.31. The first-order valence-corrected chi connectivity index (χ1v) is 7.85. The van der Waals surface area contributed by atoms with E-state index in [1.165, 1.54) is 5.56 Å². The first kappa shape index (κ1) is 14.2. The molecule has 4 rings (SSSR count). The first-order valence-electron chi connectivity index (χ1n) is 7.47. The highest BCUT2D eigenvalue weighted by Gasteiger charge is 2.25. The van der Waals surface area contributed by atoms with Gasteiger partial charge in [-0.15, -0.1) is 10.2 Å². The van der Waals surface area contributed by atoms with Gasteiger partial charge in [0.25, 0.3) is 0 Å². The number of rotatable bonds is 2. The van der Waals surface area contributed by atoms with Crippen molar-refractivity contribution in [2.24, 2.45) is 0 Å². The zero-order valence-electron chi connectivity index (χ0n) is 12.4. The zero-order valence-corrected chi connectivity index (χ0v) is 13.2. The highest BCUT2D eigenvalue weighted by Crippen LogP contribution is 2.31. The van der Waals surface area contributed by atoms with E-state index in [1.807, 2.05) is 6.07 Å². The summed E-state index contributed by atoms with van der Waals surface area (Å²) in [7, 11) is 0. The SMILES string of the molecule is N#Cc1c2c(c3nncn3c1Cl)CN(Cc1ccccc1)CC2. The number of pyridine rings is 1. The molecule has 0 radical (unpaired) electrons. The monoisotopic (exact) mass is 323 g/mol. The molecule has 3 heterocycles. The molecule has 6 heteroatoms. The summed E-state index contributed by atoms with van der Waals surface area (Å²) in [6.07, 6.45) is 2.36. The molecule has 0 spiro atoms. The van der Waals surface area contributed by atoms with Gasteiger partial charge in [-0.1, -0.05) is 41.9 Å². The van der Waals surface area contributed by atoms with Crippen LogP contribution < -0.4 is 0 Å². The number of halogens is 1. The van der Waals surface area contributed by atoms with Crippen molar-refractivity contribution in [3.8, 4) is 6.07 Å². The van der Waals surface area contributed by atoms with E-state index in [9.17, 15) is 5.26 Å². The molecular weight excluding hydrogens is 310 g/mol. The van der Waals surface area contributed by atoms with Gasteiger partial charge in [0.2, 0.25) is 0 Å². The van der Waals surface area contributed by atoms with E-state index in [-0.39, 0.29) is 0 Å². The van der Waals surface area contributed by atoms with E-state index < -0.39 is 0 Å². The minimum atomic E-state index is 0.405. The molecule has 1 aliphatic rings. The van der Waals surface area contributed by atoms with Gasteiger partial charge in [-0.05, 0) is 17.5 Å². The second-order valence-corrected chi connectivity index (χ2v) is 6.06. The van der Waals surface area contributed by atoms with Gasteiger partial charge in [-0.3, -0.25) is 9.30 Å². The molecule has 0 aliphatic carbocycles. The Labute approximate surface area is 138 Å². The Bertz CT molecular complexity index is 910. The molecule has 0 saturated heterocycles. The van der Waals surface area contributed by atoms with E-state index in [0.717, 1.165) is 42.8 Å². The lowest BCUT2D eigenvalue weighted by Gasteiger charge is -2.29. The van der Waals surface area contributed by atoms with Crippen LogP contribution in [0.3, 0.4) is 0 Å². The van der Waals surface area contributed by atoms with Crippen molar-refractivity contribution in [1.29, 1.82) is 5.26 Å². The van der Waals surface area contributed by atoms with Crippen LogP contribution in [0.15, 0.2) is 36.7 Å². The van der Waals surface area contributed by atoms with Gasteiger partial charge < -0.3 is 0 Å². The molecule has 1 aliphatic heterocycles. The lowest BCUT2D eigenvalue weighted by molar-refractivity contribution is 0.246. The average Bonchev–Trinajstić information content (AvgIpc) is 3.07. The van der Waals surface area contributed by atoms with Crippen molar-refractivity contribution in [2.75, 3.05) is 6.54 Å². The summed E-state index contributed by atoms with van der Waals surface area (Å²) in [6.45, 7) is 2.53. The summed E-state index contributed by atoms with van der Waals surface area (Å²) in [5.41, 5.74) is 4.66. The van der Waals surface area contributed by atoms with Crippen LogP contribution in [-0.4, -0.2) is 26.0 Å². The fraction of sp³-hybridized carbons (Fsp3) is 0.235. The summed E-state index contributed by atoms with van der Waals surface area (Å²) in [6, 6.07) is 12.6. The molecule has 0 saturated carbocycles. The second-order valence-electron chi connectivity index (χ2n) is 5.71. The maximum atomic E-state index is 9.47. The molecule has 1 aromatic carbocycles. The maximum Gasteiger partial charge on any atom is 0.166 e. The lowest BCUT2D eigenvalue weighted by Crippen LogP contribution is -2.31. The molecule has 0 atom stereocenters. The highest BCUT2D eigenvalue weighted by atomic mass is 35.5. The van der Waals surface area contributed by atoms with E-state index in [4.69, 9.17) is 11.6 Å². The van der Waals surface area contributed by atoms with Crippen LogP contribution in [0.4, 0.5) is 0 Å². The molecule has 0 fully saturated rings. The van der Waals surface area contributed by atoms with Gasteiger partial charge in [0.15, 0.2) is 5.65 Å². The number of benzene rings is 1. The summed E-state index contributed by atoms with van der Waals surface area (Å²) in [5, 5.41) is 18.0. The Morgan fingerprint density at radius 2 is 2.04 bits per heavy atom. The van der Waals surface area contributed by atoms with Gasteiger partial charge in [0, 0.05) is 25.2 Å². The molecule has 0 unspecified atom stereocenters. The molecule has 0 amide bonds. The molecule has 0 N–H and O–H groups in total. The van der Waals surface area contributed by atoms with E-state index in [0.29, 0.717) is 10.7 Å². The van der Waals surface area contributed by atoms with Crippen LogP contribution >= 0.6 is 11.6 Å². The molecule has 23 heavy (non-hydrogen) atoms. The minimum absolute atomic E-state index is 0.405. The van der Waals surface area contributed by atoms with Gasteiger partial charge in [0.1, 0.15) is 17.5 Å².